The molecule has 2 aromatic carbocycles. The van der Waals surface area contributed by atoms with Crippen LogP contribution in [0.5, 0.6) is 11.5 Å². The van der Waals surface area contributed by atoms with Crippen LogP contribution in [-0.2, 0) is 0 Å². The Kier molecular flexibility index (Phi) is 5.44. The van der Waals surface area contributed by atoms with Crippen molar-refractivity contribution in [1.82, 2.24) is 9.47 Å². The van der Waals surface area contributed by atoms with Crippen LogP contribution in [-0.4, -0.2) is 42.2 Å². The maximum atomic E-state index is 13.2. The number of hydrogen-bond donors (Lipinski definition) is 1. The van der Waals surface area contributed by atoms with E-state index < -0.39 is 11.5 Å². The van der Waals surface area contributed by atoms with Gasteiger partial charge in [-0.15, -0.1) is 0 Å². The van der Waals surface area contributed by atoms with E-state index in [1.54, 1.807) is 76.6 Å². The van der Waals surface area contributed by atoms with E-state index >= 15 is 0 Å². The molecule has 1 aliphatic heterocycles. The van der Waals surface area contributed by atoms with E-state index in [9.17, 15) is 14.4 Å². The number of nitrogens with zero attached hydrogens (tertiary/aromatic N) is 2. The molecule has 0 radical (unpaired) electrons. The van der Waals surface area contributed by atoms with Crippen molar-refractivity contribution in [1.29, 1.82) is 0 Å². The molecule has 0 unspecified atom stereocenters. The van der Waals surface area contributed by atoms with Crippen LogP contribution >= 0.6 is 0 Å². The summed E-state index contributed by atoms with van der Waals surface area (Å²) in [5, 5.41) is 2.80. The molecule has 1 aliphatic rings. The van der Waals surface area contributed by atoms with Gasteiger partial charge in [0.1, 0.15) is 5.56 Å². The van der Waals surface area contributed by atoms with Crippen LogP contribution in [0.15, 0.2) is 53.5 Å². The Labute approximate surface area is 185 Å². The second-order valence-electron chi connectivity index (χ2n) is 7.72. The number of carbonyl (C=O) groups excluding carboxylic acids is 2. The molecule has 0 fully saturated rings. The van der Waals surface area contributed by atoms with Crippen LogP contribution in [0, 0.1) is 13.8 Å². The Balaban J connectivity index is 1.70. The van der Waals surface area contributed by atoms with Gasteiger partial charge in [0, 0.05) is 37.6 Å². The number of anilines is 1. The molecule has 0 spiro atoms. The van der Waals surface area contributed by atoms with Crippen LogP contribution in [0.3, 0.4) is 0 Å². The molecule has 8 heteroatoms. The topological polar surface area (TPSA) is 89.9 Å². The van der Waals surface area contributed by atoms with E-state index in [2.05, 4.69) is 5.32 Å². The normalized spacial score (nSPS) is 11.9. The molecule has 32 heavy (non-hydrogen) atoms. The highest BCUT2D eigenvalue weighted by molar-refractivity contribution is 6.06. The zero-order chi connectivity index (χ0) is 23.0. The highest BCUT2D eigenvalue weighted by Crippen LogP contribution is 2.33. The van der Waals surface area contributed by atoms with Crippen molar-refractivity contribution < 1.29 is 19.1 Å². The monoisotopic (exact) mass is 433 g/mol. The molecule has 1 aromatic heterocycles. The first-order chi connectivity index (χ1) is 15.3. The first-order valence-electron chi connectivity index (χ1n) is 10.0. The van der Waals surface area contributed by atoms with Crippen molar-refractivity contribution in [3.63, 3.8) is 0 Å². The zero-order valence-corrected chi connectivity index (χ0v) is 18.3. The second-order valence-corrected chi connectivity index (χ2v) is 7.72. The number of aromatic nitrogens is 1. The van der Waals surface area contributed by atoms with Gasteiger partial charge in [-0.3, -0.25) is 19.0 Å². The van der Waals surface area contributed by atoms with Gasteiger partial charge in [0.25, 0.3) is 17.4 Å². The molecule has 8 nitrogen and oxygen atoms in total. The lowest BCUT2D eigenvalue weighted by atomic mass is 10.0. The van der Waals surface area contributed by atoms with Crippen molar-refractivity contribution in [2.45, 2.75) is 13.8 Å². The van der Waals surface area contributed by atoms with Gasteiger partial charge in [-0.1, -0.05) is 6.07 Å². The highest BCUT2D eigenvalue weighted by atomic mass is 16.7. The summed E-state index contributed by atoms with van der Waals surface area (Å²) in [6.07, 6.45) is 1.62. The number of ether oxygens (including phenoxy) is 2. The summed E-state index contributed by atoms with van der Waals surface area (Å²) in [4.78, 5) is 40.2. The number of nitrogens with one attached hydrogen (secondary N) is 1. The maximum absolute atomic E-state index is 13.2. The third kappa shape index (κ3) is 3.71. The third-order valence-corrected chi connectivity index (χ3v) is 5.38. The van der Waals surface area contributed by atoms with Crippen molar-refractivity contribution in [3.8, 4) is 17.2 Å². The first kappa shape index (κ1) is 21.2. The molecule has 4 rings (SSSR count). The molecule has 1 N–H and O–H groups in total. The molecular weight excluding hydrogens is 410 g/mol. The number of rotatable bonds is 4. The minimum atomic E-state index is -0.542. The molecule has 0 saturated carbocycles. The Hall–Kier alpha value is -4.07. The van der Waals surface area contributed by atoms with E-state index in [4.69, 9.17) is 9.47 Å². The predicted octanol–water partition coefficient (Wildman–Crippen LogP) is 3.14. The fraction of sp³-hybridized carbons (Fsp3) is 0.208. The van der Waals surface area contributed by atoms with E-state index in [0.717, 1.165) is 0 Å². The second kappa shape index (κ2) is 8.22. The van der Waals surface area contributed by atoms with Crippen LogP contribution in [0.25, 0.3) is 5.69 Å². The molecular formula is C24H23N3O5. The summed E-state index contributed by atoms with van der Waals surface area (Å²) in [7, 11) is 3.33. The van der Waals surface area contributed by atoms with Gasteiger partial charge in [0.05, 0.1) is 5.69 Å². The van der Waals surface area contributed by atoms with Crippen LogP contribution in [0.1, 0.15) is 31.8 Å². The summed E-state index contributed by atoms with van der Waals surface area (Å²) < 4.78 is 12.1. The van der Waals surface area contributed by atoms with Crippen molar-refractivity contribution in [3.05, 3.63) is 81.3 Å². The molecule has 164 valence electrons. The van der Waals surface area contributed by atoms with Gasteiger partial charge in [-0.2, -0.15) is 0 Å². The van der Waals surface area contributed by atoms with Crippen LogP contribution in [0.2, 0.25) is 0 Å². The quantitative estimate of drug-likeness (QED) is 0.683. The molecule has 0 bridgehead atoms. The molecule has 0 atom stereocenters. The Morgan fingerprint density at radius 3 is 2.53 bits per heavy atom. The average Bonchev–Trinajstić information content (AvgIpc) is 3.22. The van der Waals surface area contributed by atoms with E-state index in [1.807, 2.05) is 0 Å². The summed E-state index contributed by atoms with van der Waals surface area (Å²) in [6, 6.07) is 12.0. The summed E-state index contributed by atoms with van der Waals surface area (Å²) >= 11 is 0. The van der Waals surface area contributed by atoms with Crippen LogP contribution < -0.4 is 20.3 Å². The number of carbonyl (C=O) groups is 2. The van der Waals surface area contributed by atoms with Crippen LogP contribution in [0.4, 0.5) is 5.69 Å². The van der Waals surface area contributed by atoms with Crippen molar-refractivity contribution in [2.75, 3.05) is 26.2 Å². The number of pyridine rings is 1. The van der Waals surface area contributed by atoms with Gasteiger partial charge in [0.2, 0.25) is 6.79 Å². The van der Waals surface area contributed by atoms with Gasteiger partial charge in [-0.25, -0.2) is 0 Å². The minimum Gasteiger partial charge on any atom is -0.454 e. The fourth-order valence-electron chi connectivity index (χ4n) is 3.57. The number of aryl methyl sites for hydroxylation is 1. The SMILES string of the molecule is Cc1ccn(-c2ccc3c(c2)OCO3)c(=O)c1C(=O)Nc1cccc(C(=O)N(C)C)c1C. The third-order valence-electron chi connectivity index (χ3n) is 5.38. The molecule has 2 heterocycles. The molecule has 0 saturated heterocycles. The van der Waals surface area contributed by atoms with Gasteiger partial charge >= 0.3 is 0 Å². The zero-order valence-electron chi connectivity index (χ0n) is 18.3. The summed E-state index contributed by atoms with van der Waals surface area (Å²) in [6.45, 7) is 3.60. The Morgan fingerprint density at radius 1 is 1.03 bits per heavy atom. The average molecular weight is 433 g/mol. The van der Waals surface area contributed by atoms with Gasteiger partial charge < -0.3 is 19.7 Å². The minimum absolute atomic E-state index is 0.0221. The standard InChI is InChI=1S/C24H23N3O5/c1-14-10-11-27(16-8-9-19-20(12-16)32-13-31-19)24(30)21(14)22(28)25-18-7-5-6-17(15(18)2)23(29)26(3)4/h5-12H,13H2,1-4H3,(H,25,28). The fourth-order valence-corrected chi connectivity index (χ4v) is 3.57. The Morgan fingerprint density at radius 2 is 1.78 bits per heavy atom. The number of benzene rings is 2. The molecule has 0 aliphatic carbocycles. The number of amides is 2. The lowest BCUT2D eigenvalue weighted by Crippen LogP contribution is -2.29. The summed E-state index contributed by atoms with van der Waals surface area (Å²) in [5.41, 5.74) is 2.25. The highest BCUT2D eigenvalue weighted by Gasteiger charge is 2.21. The van der Waals surface area contributed by atoms with Gasteiger partial charge in [0.15, 0.2) is 11.5 Å². The van der Waals surface area contributed by atoms with E-state index in [-0.39, 0.29) is 18.3 Å². The van der Waals surface area contributed by atoms with Crippen molar-refractivity contribution >= 4 is 17.5 Å². The predicted molar refractivity (Wildman–Crippen MR) is 120 cm³/mol. The van der Waals surface area contributed by atoms with Crippen molar-refractivity contribution in [2.24, 2.45) is 0 Å². The smallest absolute Gasteiger partial charge is 0.268 e. The largest absolute Gasteiger partial charge is 0.454 e. The number of fused-ring (bicyclic) bond motifs is 1. The first-order valence-corrected chi connectivity index (χ1v) is 10.0. The lowest BCUT2D eigenvalue weighted by Gasteiger charge is -2.16. The summed E-state index contributed by atoms with van der Waals surface area (Å²) in [5.74, 6) is 0.438. The maximum Gasteiger partial charge on any atom is 0.268 e. The van der Waals surface area contributed by atoms with Gasteiger partial charge in [-0.05, 0) is 55.3 Å². The van der Waals surface area contributed by atoms with E-state index in [0.29, 0.717) is 39.6 Å². The van der Waals surface area contributed by atoms with E-state index in [1.165, 1.54) is 9.47 Å². The number of hydrogen-bond acceptors (Lipinski definition) is 5. The molecule has 3 aromatic rings. The molecule has 2 amide bonds. The Bertz CT molecular complexity index is 1290. The lowest BCUT2D eigenvalue weighted by molar-refractivity contribution is 0.0826.